The molecule has 1 aromatic heterocycles. The molecule has 1 heterocycles. The Morgan fingerprint density at radius 3 is 3.00 bits per heavy atom. The summed E-state index contributed by atoms with van der Waals surface area (Å²) in [6, 6.07) is 4.27. The lowest BCUT2D eigenvalue weighted by Crippen LogP contribution is -2.25. The van der Waals surface area contributed by atoms with Crippen LogP contribution in [-0.2, 0) is 6.54 Å². The molecule has 1 aromatic rings. The second kappa shape index (κ2) is 7.14. The van der Waals surface area contributed by atoms with Crippen LogP contribution in [0.2, 0.25) is 0 Å². The average Bonchev–Trinajstić information content (AvgIpc) is 2.84. The number of aliphatic hydroxyl groups is 1. The molecule has 2 unspecified atom stereocenters. The van der Waals surface area contributed by atoms with E-state index >= 15 is 0 Å². The van der Waals surface area contributed by atoms with Crippen molar-refractivity contribution in [3.63, 3.8) is 0 Å². The predicted octanol–water partition coefficient (Wildman–Crippen LogP) is 3.17. The van der Waals surface area contributed by atoms with Crippen molar-refractivity contribution in [3.05, 3.63) is 22.4 Å². The van der Waals surface area contributed by atoms with Crippen LogP contribution in [-0.4, -0.2) is 17.8 Å². The summed E-state index contributed by atoms with van der Waals surface area (Å²) in [5, 5.41) is 15.4. The Hall–Kier alpha value is -0.380. The molecule has 1 aliphatic carbocycles. The number of hydrogen-bond donors (Lipinski definition) is 2. The molecule has 0 radical (unpaired) electrons. The van der Waals surface area contributed by atoms with Gasteiger partial charge in [0, 0.05) is 11.4 Å². The summed E-state index contributed by atoms with van der Waals surface area (Å²) in [4.78, 5) is 1.41. The van der Waals surface area contributed by atoms with Gasteiger partial charge in [0.15, 0.2) is 0 Å². The minimum Gasteiger partial charge on any atom is -0.393 e. The maximum atomic E-state index is 9.86. The Morgan fingerprint density at radius 2 is 2.24 bits per heavy atom. The van der Waals surface area contributed by atoms with E-state index in [1.54, 1.807) is 11.3 Å². The lowest BCUT2D eigenvalue weighted by Gasteiger charge is -2.27. The van der Waals surface area contributed by atoms with Gasteiger partial charge in [-0.2, -0.15) is 0 Å². The normalized spacial score (nSPS) is 25.0. The van der Waals surface area contributed by atoms with Gasteiger partial charge in [0.25, 0.3) is 0 Å². The van der Waals surface area contributed by atoms with E-state index in [1.165, 1.54) is 37.0 Å². The molecule has 2 atom stereocenters. The number of thiophene rings is 1. The van der Waals surface area contributed by atoms with Crippen molar-refractivity contribution in [1.29, 1.82) is 0 Å². The molecule has 0 amide bonds. The topological polar surface area (TPSA) is 32.3 Å². The third-order valence-corrected chi connectivity index (χ3v) is 4.55. The van der Waals surface area contributed by atoms with Crippen molar-refractivity contribution < 1.29 is 5.11 Å². The van der Waals surface area contributed by atoms with E-state index < -0.39 is 0 Å². The first-order chi connectivity index (χ1) is 8.36. The van der Waals surface area contributed by atoms with E-state index in [2.05, 4.69) is 22.8 Å². The molecule has 0 saturated heterocycles. The second-order valence-corrected chi connectivity index (χ2v) is 6.04. The van der Waals surface area contributed by atoms with E-state index in [-0.39, 0.29) is 6.10 Å². The van der Waals surface area contributed by atoms with Crippen molar-refractivity contribution in [1.82, 2.24) is 5.32 Å². The van der Waals surface area contributed by atoms with Gasteiger partial charge in [0.1, 0.15) is 0 Å². The average molecular weight is 253 g/mol. The quantitative estimate of drug-likeness (QED) is 0.763. The monoisotopic (exact) mass is 253 g/mol. The summed E-state index contributed by atoms with van der Waals surface area (Å²) in [7, 11) is 0. The van der Waals surface area contributed by atoms with Crippen LogP contribution in [0.1, 0.15) is 43.4 Å². The standard InChI is InChI=1S/C14H23NOS/c16-14-8-2-1-5-12(14)6-3-9-15-11-13-7-4-10-17-13/h4,7,10,12,14-16H,1-3,5-6,8-9,11H2. The third kappa shape index (κ3) is 4.41. The van der Waals surface area contributed by atoms with Crippen LogP contribution in [0.3, 0.4) is 0 Å². The molecule has 3 heteroatoms. The van der Waals surface area contributed by atoms with E-state index in [9.17, 15) is 5.11 Å². The van der Waals surface area contributed by atoms with Gasteiger partial charge in [0.2, 0.25) is 0 Å². The molecule has 1 saturated carbocycles. The van der Waals surface area contributed by atoms with E-state index in [0.29, 0.717) is 5.92 Å². The molecular weight excluding hydrogens is 230 g/mol. The van der Waals surface area contributed by atoms with E-state index in [1.807, 2.05) is 0 Å². The molecule has 17 heavy (non-hydrogen) atoms. The Labute approximate surface area is 108 Å². The van der Waals surface area contributed by atoms with E-state index in [0.717, 1.165) is 19.5 Å². The van der Waals surface area contributed by atoms with Gasteiger partial charge >= 0.3 is 0 Å². The minimum absolute atomic E-state index is 0.0268. The molecule has 0 spiro atoms. The first-order valence-corrected chi connectivity index (χ1v) is 7.65. The van der Waals surface area contributed by atoms with Gasteiger partial charge in [-0.3, -0.25) is 0 Å². The van der Waals surface area contributed by atoms with Gasteiger partial charge in [-0.05, 0) is 49.6 Å². The fourth-order valence-corrected chi connectivity index (χ4v) is 3.31. The molecule has 1 aliphatic rings. The second-order valence-electron chi connectivity index (χ2n) is 5.01. The highest BCUT2D eigenvalue weighted by Gasteiger charge is 2.21. The highest BCUT2D eigenvalue weighted by atomic mass is 32.1. The smallest absolute Gasteiger partial charge is 0.0568 e. The fourth-order valence-electron chi connectivity index (χ4n) is 2.64. The molecule has 96 valence electrons. The summed E-state index contributed by atoms with van der Waals surface area (Å²) in [5.41, 5.74) is 0. The molecule has 2 nitrogen and oxygen atoms in total. The van der Waals surface area contributed by atoms with Crippen LogP contribution in [0, 0.1) is 5.92 Å². The molecule has 1 fully saturated rings. The largest absolute Gasteiger partial charge is 0.393 e. The number of rotatable bonds is 6. The van der Waals surface area contributed by atoms with Crippen molar-refractivity contribution in [3.8, 4) is 0 Å². The molecule has 0 bridgehead atoms. The Morgan fingerprint density at radius 1 is 1.35 bits per heavy atom. The van der Waals surface area contributed by atoms with Crippen molar-refractivity contribution in [2.75, 3.05) is 6.54 Å². The zero-order valence-electron chi connectivity index (χ0n) is 10.4. The maximum Gasteiger partial charge on any atom is 0.0568 e. The molecule has 2 N–H and O–H groups in total. The van der Waals surface area contributed by atoms with Gasteiger partial charge in [-0.1, -0.05) is 18.9 Å². The molecule has 0 aliphatic heterocycles. The zero-order chi connectivity index (χ0) is 11.9. The van der Waals surface area contributed by atoms with Gasteiger partial charge in [-0.15, -0.1) is 11.3 Å². The van der Waals surface area contributed by atoms with Crippen molar-refractivity contribution in [2.24, 2.45) is 5.92 Å². The summed E-state index contributed by atoms with van der Waals surface area (Å²) in [6.45, 7) is 2.06. The van der Waals surface area contributed by atoms with Gasteiger partial charge in [-0.25, -0.2) is 0 Å². The summed E-state index contributed by atoms with van der Waals surface area (Å²) in [5.74, 6) is 0.562. The van der Waals surface area contributed by atoms with Crippen LogP contribution in [0.15, 0.2) is 17.5 Å². The Bertz CT molecular complexity index is 299. The predicted molar refractivity (Wildman–Crippen MR) is 73.2 cm³/mol. The summed E-state index contributed by atoms with van der Waals surface area (Å²) >= 11 is 1.81. The number of nitrogens with one attached hydrogen (secondary N) is 1. The molecule has 2 rings (SSSR count). The van der Waals surface area contributed by atoms with Gasteiger partial charge in [0.05, 0.1) is 6.10 Å². The SMILES string of the molecule is OC1CCCCC1CCCNCc1cccs1. The summed E-state index contributed by atoms with van der Waals surface area (Å²) in [6.07, 6.45) is 7.12. The number of aliphatic hydroxyl groups excluding tert-OH is 1. The maximum absolute atomic E-state index is 9.86. The van der Waals surface area contributed by atoms with E-state index in [4.69, 9.17) is 0 Å². The summed E-state index contributed by atoms with van der Waals surface area (Å²) < 4.78 is 0. The lowest BCUT2D eigenvalue weighted by atomic mass is 9.83. The van der Waals surface area contributed by atoms with Crippen LogP contribution >= 0.6 is 11.3 Å². The first kappa shape index (κ1) is 13.1. The van der Waals surface area contributed by atoms with Crippen LogP contribution < -0.4 is 5.32 Å². The highest BCUT2D eigenvalue weighted by molar-refractivity contribution is 7.09. The van der Waals surface area contributed by atoms with Crippen molar-refractivity contribution in [2.45, 2.75) is 51.2 Å². The Kier molecular flexibility index (Phi) is 5.49. The minimum atomic E-state index is -0.0268. The molecule has 0 aromatic carbocycles. The van der Waals surface area contributed by atoms with Crippen molar-refractivity contribution >= 4 is 11.3 Å². The number of hydrogen-bond acceptors (Lipinski definition) is 3. The van der Waals surface area contributed by atoms with Crippen LogP contribution in [0.4, 0.5) is 0 Å². The van der Waals surface area contributed by atoms with Crippen LogP contribution in [0.25, 0.3) is 0 Å². The zero-order valence-corrected chi connectivity index (χ0v) is 11.2. The third-order valence-electron chi connectivity index (χ3n) is 3.68. The molecular formula is C14H23NOS. The van der Waals surface area contributed by atoms with Gasteiger partial charge < -0.3 is 10.4 Å². The first-order valence-electron chi connectivity index (χ1n) is 6.77. The van der Waals surface area contributed by atoms with Crippen LogP contribution in [0.5, 0.6) is 0 Å². The highest BCUT2D eigenvalue weighted by Crippen LogP contribution is 2.27. The lowest BCUT2D eigenvalue weighted by molar-refractivity contribution is 0.0643. The Balaban J connectivity index is 1.53. The fraction of sp³-hybridized carbons (Fsp3) is 0.714.